The van der Waals surface area contributed by atoms with E-state index in [0.29, 0.717) is 24.4 Å². The van der Waals surface area contributed by atoms with Crippen molar-refractivity contribution in [3.05, 3.63) is 72.3 Å². The molecule has 0 spiro atoms. The number of nitrogens with two attached hydrogens (primary N) is 2. The van der Waals surface area contributed by atoms with Gasteiger partial charge in [0.1, 0.15) is 28.6 Å². The number of halogens is 2. The van der Waals surface area contributed by atoms with Crippen molar-refractivity contribution in [3.63, 3.8) is 0 Å². The molecule has 1 aliphatic rings. The van der Waals surface area contributed by atoms with Crippen molar-refractivity contribution in [2.24, 2.45) is 5.73 Å². The Bertz CT molecular complexity index is 1260. The molecule has 0 saturated carbocycles. The van der Waals surface area contributed by atoms with Crippen LogP contribution in [0.15, 0.2) is 55.1 Å². The van der Waals surface area contributed by atoms with E-state index in [2.05, 4.69) is 11.7 Å². The fourth-order valence-electron chi connectivity index (χ4n) is 4.02. The molecule has 2 aromatic carbocycles. The first-order valence-electron chi connectivity index (χ1n) is 10.6. The number of ether oxygens (including phenoxy) is 1. The average molecular weight is 467 g/mol. The maximum atomic E-state index is 13.9. The van der Waals surface area contributed by atoms with Gasteiger partial charge in [-0.3, -0.25) is 9.59 Å². The maximum Gasteiger partial charge on any atom is 0.254 e. The van der Waals surface area contributed by atoms with Crippen LogP contribution in [-0.2, 0) is 4.79 Å². The summed E-state index contributed by atoms with van der Waals surface area (Å²) < 4.78 is 34.0. The molecule has 1 fully saturated rings. The molecule has 0 unspecified atom stereocenters. The van der Waals surface area contributed by atoms with Gasteiger partial charge in [0.15, 0.2) is 11.6 Å². The van der Waals surface area contributed by atoms with E-state index in [1.165, 1.54) is 16.8 Å². The SMILES string of the molecule is C=CC(=O)N1CCC[C@H](n2nc(-c3ccc(Oc4ccc(F)cc4F)cc3)c(C(N)=O)c2N)C1. The second-order valence-corrected chi connectivity index (χ2v) is 7.90. The lowest BCUT2D eigenvalue weighted by Gasteiger charge is -2.32. The van der Waals surface area contributed by atoms with E-state index in [4.69, 9.17) is 16.2 Å². The van der Waals surface area contributed by atoms with Crippen LogP contribution < -0.4 is 16.2 Å². The number of rotatable bonds is 6. The number of likely N-dealkylation sites (tertiary alicyclic amines) is 1. The Kier molecular flexibility index (Phi) is 6.31. The summed E-state index contributed by atoms with van der Waals surface area (Å²) in [7, 11) is 0. The number of benzene rings is 2. The number of amides is 2. The minimum Gasteiger partial charge on any atom is -0.454 e. The number of aromatic nitrogens is 2. The van der Waals surface area contributed by atoms with E-state index in [-0.39, 0.29) is 34.8 Å². The predicted octanol–water partition coefficient (Wildman–Crippen LogP) is 3.65. The molecule has 34 heavy (non-hydrogen) atoms. The van der Waals surface area contributed by atoms with Gasteiger partial charge in [-0.2, -0.15) is 5.10 Å². The predicted molar refractivity (Wildman–Crippen MR) is 122 cm³/mol. The van der Waals surface area contributed by atoms with Crippen LogP contribution in [0.25, 0.3) is 11.3 Å². The van der Waals surface area contributed by atoms with Gasteiger partial charge in [0.25, 0.3) is 5.91 Å². The third-order valence-electron chi connectivity index (χ3n) is 5.67. The molecule has 1 atom stereocenters. The molecule has 1 aliphatic heterocycles. The summed E-state index contributed by atoms with van der Waals surface area (Å²) in [6.07, 6.45) is 2.73. The van der Waals surface area contributed by atoms with Crippen LogP contribution in [0.1, 0.15) is 29.2 Å². The first-order valence-corrected chi connectivity index (χ1v) is 10.6. The van der Waals surface area contributed by atoms with Gasteiger partial charge >= 0.3 is 0 Å². The van der Waals surface area contributed by atoms with E-state index in [1.807, 2.05) is 0 Å². The number of hydrogen-bond acceptors (Lipinski definition) is 5. The minimum atomic E-state index is -0.830. The van der Waals surface area contributed by atoms with Gasteiger partial charge in [-0.1, -0.05) is 6.58 Å². The van der Waals surface area contributed by atoms with Crippen LogP contribution in [0.5, 0.6) is 11.5 Å². The number of carbonyl (C=O) groups excluding carboxylic acids is 2. The topological polar surface area (TPSA) is 116 Å². The number of hydrogen-bond donors (Lipinski definition) is 2. The van der Waals surface area contributed by atoms with Gasteiger partial charge in [-0.15, -0.1) is 0 Å². The highest BCUT2D eigenvalue weighted by molar-refractivity contribution is 6.03. The Morgan fingerprint density at radius 2 is 1.91 bits per heavy atom. The van der Waals surface area contributed by atoms with Crippen molar-refractivity contribution in [2.75, 3.05) is 18.8 Å². The lowest BCUT2D eigenvalue weighted by Crippen LogP contribution is -2.40. The molecule has 176 valence electrons. The second kappa shape index (κ2) is 9.34. The summed E-state index contributed by atoms with van der Waals surface area (Å²) in [6.45, 7) is 4.51. The number of carbonyl (C=O) groups is 2. The number of nitrogen functional groups attached to an aromatic ring is 1. The largest absolute Gasteiger partial charge is 0.454 e. The molecule has 10 heteroatoms. The highest BCUT2D eigenvalue weighted by Gasteiger charge is 2.29. The Morgan fingerprint density at radius 1 is 1.18 bits per heavy atom. The summed E-state index contributed by atoms with van der Waals surface area (Å²) in [5, 5.41) is 4.57. The lowest BCUT2D eigenvalue weighted by molar-refractivity contribution is -0.127. The molecular weight excluding hydrogens is 444 g/mol. The molecule has 4 rings (SSSR count). The lowest BCUT2D eigenvalue weighted by atomic mass is 10.1. The minimum absolute atomic E-state index is 0.0745. The first kappa shape index (κ1) is 23.0. The van der Waals surface area contributed by atoms with Crippen molar-refractivity contribution < 1.29 is 23.1 Å². The van der Waals surface area contributed by atoms with Gasteiger partial charge in [0.05, 0.1) is 6.04 Å². The Balaban J connectivity index is 1.63. The van der Waals surface area contributed by atoms with Crippen LogP contribution in [0, 0.1) is 11.6 Å². The molecule has 2 heterocycles. The van der Waals surface area contributed by atoms with Crippen molar-refractivity contribution in [2.45, 2.75) is 18.9 Å². The Labute approximate surface area is 194 Å². The van der Waals surface area contributed by atoms with Crippen molar-refractivity contribution in [3.8, 4) is 22.8 Å². The van der Waals surface area contributed by atoms with Gasteiger partial charge < -0.3 is 21.1 Å². The number of nitrogens with zero attached hydrogens (tertiary/aromatic N) is 3. The van der Waals surface area contributed by atoms with Gasteiger partial charge in [-0.25, -0.2) is 13.5 Å². The fourth-order valence-corrected chi connectivity index (χ4v) is 4.02. The molecule has 1 aromatic heterocycles. The molecule has 2 amide bonds. The van der Waals surface area contributed by atoms with Gasteiger partial charge in [0, 0.05) is 24.7 Å². The van der Waals surface area contributed by atoms with Gasteiger partial charge in [0.2, 0.25) is 5.91 Å². The zero-order valence-electron chi connectivity index (χ0n) is 18.2. The summed E-state index contributed by atoms with van der Waals surface area (Å²) in [5.74, 6) is -2.16. The number of anilines is 1. The van der Waals surface area contributed by atoms with E-state index in [1.54, 1.807) is 29.2 Å². The molecule has 3 aromatic rings. The van der Waals surface area contributed by atoms with E-state index >= 15 is 0 Å². The molecule has 8 nitrogen and oxygen atoms in total. The van der Waals surface area contributed by atoms with Crippen LogP contribution in [-0.4, -0.2) is 39.6 Å². The summed E-state index contributed by atoms with van der Waals surface area (Å²) in [4.78, 5) is 25.9. The van der Waals surface area contributed by atoms with Crippen LogP contribution >= 0.6 is 0 Å². The highest BCUT2D eigenvalue weighted by atomic mass is 19.1. The van der Waals surface area contributed by atoms with Crippen molar-refractivity contribution in [1.29, 1.82) is 0 Å². The molecule has 0 radical (unpaired) electrons. The number of piperidine rings is 1. The first-order chi connectivity index (χ1) is 16.3. The molecule has 4 N–H and O–H groups in total. The summed E-state index contributed by atoms with van der Waals surface area (Å²) in [5.41, 5.74) is 12.8. The Morgan fingerprint density at radius 3 is 2.56 bits per heavy atom. The van der Waals surface area contributed by atoms with Crippen molar-refractivity contribution >= 4 is 17.6 Å². The molecule has 0 bridgehead atoms. The maximum absolute atomic E-state index is 13.9. The summed E-state index contributed by atoms with van der Waals surface area (Å²) >= 11 is 0. The Hall–Kier alpha value is -4.21. The van der Waals surface area contributed by atoms with Crippen LogP contribution in [0.4, 0.5) is 14.6 Å². The third-order valence-corrected chi connectivity index (χ3v) is 5.67. The van der Waals surface area contributed by atoms with Crippen molar-refractivity contribution in [1.82, 2.24) is 14.7 Å². The number of primary amides is 1. The second-order valence-electron chi connectivity index (χ2n) is 7.90. The van der Waals surface area contributed by atoms with Crippen LogP contribution in [0.3, 0.4) is 0 Å². The fraction of sp³-hybridized carbons (Fsp3) is 0.208. The van der Waals surface area contributed by atoms with E-state index < -0.39 is 17.5 Å². The summed E-state index contributed by atoms with van der Waals surface area (Å²) in [6, 6.07) is 9.16. The van der Waals surface area contributed by atoms with E-state index in [0.717, 1.165) is 25.0 Å². The normalized spacial score (nSPS) is 15.7. The standard InChI is InChI=1S/C24H23F2N5O3/c1-2-20(32)30-11-3-4-16(13-30)31-23(27)21(24(28)33)22(29-31)14-5-8-17(9-6-14)34-19-10-7-15(25)12-18(19)26/h2,5-10,12,16H,1,3-4,11,13,27H2,(H2,28,33)/t16-/m0/s1. The van der Waals surface area contributed by atoms with Gasteiger partial charge in [-0.05, 0) is 55.3 Å². The average Bonchev–Trinajstić information content (AvgIpc) is 3.18. The van der Waals surface area contributed by atoms with E-state index in [9.17, 15) is 18.4 Å². The monoisotopic (exact) mass is 467 g/mol. The molecule has 1 saturated heterocycles. The third kappa shape index (κ3) is 4.47. The highest BCUT2D eigenvalue weighted by Crippen LogP contribution is 2.33. The molecule has 0 aliphatic carbocycles. The zero-order valence-corrected chi connectivity index (χ0v) is 18.2. The van der Waals surface area contributed by atoms with Crippen LogP contribution in [0.2, 0.25) is 0 Å². The zero-order chi connectivity index (χ0) is 24.4. The quantitative estimate of drug-likeness (QED) is 0.537. The molecular formula is C24H23F2N5O3. The smallest absolute Gasteiger partial charge is 0.254 e.